The third-order valence-electron chi connectivity index (χ3n) is 4.05. The van der Waals surface area contributed by atoms with Gasteiger partial charge in [-0.2, -0.15) is 23.1 Å². The molecular weight excluding hydrogens is 466 g/mol. The molecule has 12 heteroatoms. The highest BCUT2D eigenvalue weighted by Crippen LogP contribution is 2.30. The monoisotopic (exact) mass is 477 g/mol. The lowest BCUT2D eigenvalue weighted by Crippen LogP contribution is -2.09. The van der Waals surface area contributed by atoms with E-state index >= 15 is 0 Å². The molecule has 0 fully saturated rings. The smallest absolute Gasteiger partial charge is 0.324 e. The van der Waals surface area contributed by atoms with Gasteiger partial charge < -0.3 is 5.32 Å². The largest absolute Gasteiger partial charge is 0.433 e. The van der Waals surface area contributed by atoms with Crippen LogP contribution in [0.3, 0.4) is 0 Å². The highest BCUT2D eigenvalue weighted by atomic mass is 35.5. The molecule has 0 amide bonds. The molecule has 0 aliphatic rings. The van der Waals surface area contributed by atoms with Crippen molar-refractivity contribution < 1.29 is 13.2 Å². The van der Waals surface area contributed by atoms with Crippen LogP contribution < -0.4 is 5.32 Å². The molecule has 4 rings (SSSR count). The van der Waals surface area contributed by atoms with Crippen LogP contribution in [0.25, 0.3) is 23.0 Å². The highest BCUT2D eigenvalue weighted by molar-refractivity contribution is 6.29. The Hall–Kier alpha value is -3.37. The molecule has 0 aliphatic carbocycles. The van der Waals surface area contributed by atoms with Gasteiger partial charge in [0.1, 0.15) is 27.4 Å². The number of halogens is 5. The number of aryl methyl sites for hydroxylation is 1. The van der Waals surface area contributed by atoms with Crippen LogP contribution in [0.15, 0.2) is 48.7 Å². The summed E-state index contributed by atoms with van der Waals surface area (Å²) in [6.07, 6.45) is -3.56. The molecule has 0 aliphatic heterocycles. The Balaban J connectivity index is 1.82. The maximum Gasteiger partial charge on any atom is 0.433 e. The molecule has 4 aromatic heterocycles. The molecule has 0 saturated carbocycles. The van der Waals surface area contributed by atoms with E-state index in [0.717, 1.165) is 17.8 Å². The third kappa shape index (κ3) is 5.09. The lowest BCUT2D eigenvalue weighted by atomic mass is 10.2. The fraction of sp³-hybridized carbons (Fsp3) is 0.100. The van der Waals surface area contributed by atoms with E-state index in [1.807, 2.05) is 6.92 Å². The topological polar surface area (TPSA) is 89.4 Å². The number of rotatable bonds is 4. The Morgan fingerprint density at radius 1 is 0.812 bits per heavy atom. The van der Waals surface area contributed by atoms with E-state index < -0.39 is 11.9 Å². The van der Waals surface area contributed by atoms with Gasteiger partial charge in [0, 0.05) is 11.9 Å². The van der Waals surface area contributed by atoms with Gasteiger partial charge in [0.25, 0.3) is 0 Å². The van der Waals surface area contributed by atoms with Crippen LogP contribution in [0, 0.1) is 6.92 Å². The molecule has 1 N–H and O–H groups in total. The van der Waals surface area contributed by atoms with E-state index in [4.69, 9.17) is 23.2 Å². The molecule has 0 spiro atoms. The van der Waals surface area contributed by atoms with Gasteiger partial charge >= 0.3 is 6.18 Å². The molecule has 162 valence electrons. The second-order valence-corrected chi connectivity index (χ2v) is 7.33. The number of aromatic nitrogens is 6. The molecule has 0 radical (unpaired) electrons. The molecule has 0 aromatic carbocycles. The SMILES string of the molecule is Cc1cc(Cl)nc(-c2nc(Nc3ccnc(C(F)(F)F)c3)nc(-c3cccc(Cl)n3)n2)c1. The maximum atomic E-state index is 13.0. The van der Waals surface area contributed by atoms with Gasteiger partial charge in [0.2, 0.25) is 5.95 Å². The first kappa shape index (κ1) is 21.8. The molecule has 4 aromatic rings. The molecule has 0 bridgehead atoms. The van der Waals surface area contributed by atoms with Gasteiger partial charge in [-0.1, -0.05) is 29.3 Å². The zero-order valence-electron chi connectivity index (χ0n) is 16.2. The third-order valence-corrected chi connectivity index (χ3v) is 4.46. The number of pyridine rings is 3. The quantitative estimate of drug-likeness (QED) is 0.373. The number of alkyl halides is 3. The van der Waals surface area contributed by atoms with E-state index in [9.17, 15) is 13.2 Å². The normalized spacial score (nSPS) is 11.4. The van der Waals surface area contributed by atoms with Gasteiger partial charge in [0.05, 0.1) is 0 Å². The first-order valence-electron chi connectivity index (χ1n) is 9.01. The van der Waals surface area contributed by atoms with E-state index in [-0.39, 0.29) is 33.6 Å². The van der Waals surface area contributed by atoms with Gasteiger partial charge in [0.15, 0.2) is 11.6 Å². The summed E-state index contributed by atoms with van der Waals surface area (Å²) in [6.45, 7) is 1.83. The lowest BCUT2D eigenvalue weighted by Gasteiger charge is -2.11. The second-order valence-electron chi connectivity index (χ2n) is 6.56. The first-order chi connectivity index (χ1) is 15.2. The van der Waals surface area contributed by atoms with Crippen LogP contribution in [0.1, 0.15) is 11.3 Å². The fourth-order valence-corrected chi connectivity index (χ4v) is 3.15. The van der Waals surface area contributed by atoms with Crippen molar-refractivity contribution in [3.05, 3.63) is 70.2 Å². The van der Waals surface area contributed by atoms with Crippen LogP contribution >= 0.6 is 23.2 Å². The minimum atomic E-state index is -4.60. The highest BCUT2D eigenvalue weighted by Gasteiger charge is 2.32. The maximum absolute atomic E-state index is 13.0. The average Bonchev–Trinajstić information content (AvgIpc) is 2.72. The van der Waals surface area contributed by atoms with Crippen LogP contribution in [-0.4, -0.2) is 29.9 Å². The Kier molecular flexibility index (Phi) is 5.90. The molecule has 7 nitrogen and oxygen atoms in total. The van der Waals surface area contributed by atoms with Crippen LogP contribution in [0.2, 0.25) is 10.3 Å². The lowest BCUT2D eigenvalue weighted by molar-refractivity contribution is -0.141. The molecule has 32 heavy (non-hydrogen) atoms. The molecule has 0 saturated heterocycles. The van der Waals surface area contributed by atoms with Crippen molar-refractivity contribution in [2.24, 2.45) is 0 Å². The van der Waals surface area contributed by atoms with Crippen molar-refractivity contribution in [2.75, 3.05) is 5.32 Å². The van der Waals surface area contributed by atoms with Crippen molar-refractivity contribution in [3.63, 3.8) is 0 Å². The van der Waals surface area contributed by atoms with Crippen molar-refractivity contribution in [1.29, 1.82) is 0 Å². The summed E-state index contributed by atoms with van der Waals surface area (Å²) in [5.41, 5.74) is 0.551. The number of anilines is 2. The molecule has 0 atom stereocenters. The number of hydrogen-bond acceptors (Lipinski definition) is 7. The van der Waals surface area contributed by atoms with Crippen LogP contribution in [-0.2, 0) is 6.18 Å². The van der Waals surface area contributed by atoms with Crippen LogP contribution in [0.4, 0.5) is 24.8 Å². The van der Waals surface area contributed by atoms with Gasteiger partial charge in [-0.05, 0) is 48.9 Å². The summed E-state index contributed by atoms with van der Waals surface area (Å²) in [5, 5.41) is 3.22. The van der Waals surface area contributed by atoms with Gasteiger partial charge in [-0.25, -0.2) is 15.0 Å². The molecule has 0 unspecified atom stereocenters. The average molecular weight is 478 g/mol. The second kappa shape index (κ2) is 8.64. The summed E-state index contributed by atoms with van der Waals surface area (Å²) < 4.78 is 39.1. The summed E-state index contributed by atoms with van der Waals surface area (Å²) in [6, 6.07) is 10.5. The van der Waals surface area contributed by atoms with Crippen molar-refractivity contribution in [2.45, 2.75) is 13.1 Å². The van der Waals surface area contributed by atoms with Crippen molar-refractivity contribution in [1.82, 2.24) is 29.9 Å². The number of hydrogen-bond donors (Lipinski definition) is 1. The Bertz CT molecular complexity index is 1280. The van der Waals surface area contributed by atoms with Crippen molar-refractivity contribution >= 4 is 34.8 Å². The minimum absolute atomic E-state index is 0.0227. The van der Waals surface area contributed by atoms with Crippen LogP contribution in [0.5, 0.6) is 0 Å². The predicted octanol–water partition coefficient (Wildman–Crippen LogP) is 5.77. The van der Waals surface area contributed by atoms with Crippen molar-refractivity contribution in [3.8, 4) is 23.0 Å². The zero-order valence-corrected chi connectivity index (χ0v) is 17.7. The summed E-state index contributed by atoms with van der Waals surface area (Å²) in [4.78, 5) is 24.8. The zero-order chi connectivity index (χ0) is 22.9. The summed E-state index contributed by atoms with van der Waals surface area (Å²) in [5.74, 6) is 0.269. The minimum Gasteiger partial charge on any atom is -0.324 e. The summed E-state index contributed by atoms with van der Waals surface area (Å²) >= 11 is 12.0. The van der Waals surface area contributed by atoms with Gasteiger partial charge in [-0.3, -0.25) is 4.98 Å². The van der Waals surface area contributed by atoms with E-state index in [1.165, 1.54) is 6.07 Å². The van der Waals surface area contributed by atoms with Gasteiger partial charge in [-0.15, -0.1) is 0 Å². The van der Waals surface area contributed by atoms with E-state index in [1.54, 1.807) is 30.3 Å². The van der Waals surface area contributed by atoms with E-state index in [0.29, 0.717) is 11.4 Å². The predicted molar refractivity (Wildman–Crippen MR) is 114 cm³/mol. The number of nitrogens with one attached hydrogen (secondary N) is 1. The first-order valence-corrected chi connectivity index (χ1v) is 9.77. The molecule has 4 heterocycles. The Labute approximate surface area is 189 Å². The van der Waals surface area contributed by atoms with E-state index in [2.05, 4.69) is 35.2 Å². The Morgan fingerprint density at radius 3 is 2.22 bits per heavy atom. The molecular formula is C20H12Cl2F3N7. The standard InChI is InChI=1S/C20H12Cl2F3N7/c1-10-7-13(29-16(22)8-10)18-30-17(12-3-2-4-15(21)28-12)31-19(32-18)27-11-5-6-26-14(9-11)20(23,24)25/h2-9H,1H3,(H,26,27,30,31,32). The summed E-state index contributed by atoms with van der Waals surface area (Å²) in [7, 11) is 0. The fourth-order valence-electron chi connectivity index (χ4n) is 2.73. The number of nitrogens with zero attached hydrogens (tertiary/aromatic N) is 6. The Morgan fingerprint density at radius 2 is 1.53 bits per heavy atom.